The minimum absolute atomic E-state index is 0.142. The Morgan fingerprint density at radius 3 is 2.69 bits per heavy atom. The summed E-state index contributed by atoms with van der Waals surface area (Å²) >= 11 is 0. The van der Waals surface area contributed by atoms with Gasteiger partial charge in [0.05, 0.1) is 25.3 Å². The summed E-state index contributed by atoms with van der Waals surface area (Å²) in [5, 5.41) is 15.8. The third kappa shape index (κ3) is 5.92. The van der Waals surface area contributed by atoms with E-state index in [1.165, 1.54) is 13.5 Å². The van der Waals surface area contributed by atoms with Crippen molar-refractivity contribution in [1.82, 2.24) is 15.5 Å². The number of methoxy groups -OCH3 is 1. The van der Waals surface area contributed by atoms with Gasteiger partial charge in [-0.1, -0.05) is 12.5 Å². The molecule has 0 radical (unpaired) electrons. The van der Waals surface area contributed by atoms with Crippen molar-refractivity contribution in [3.05, 3.63) is 35.0 Å². The molecule has 2 amide bonds. The average molecular weight is 448 g/mol. The zero-order valence-corrected chi connectivity index (χ0v) is 19.0. The van der Waals surface area contributed by atoms with Crippen LogP contribution in [0.1, 0.15) is 44.7 Å². The number of esters is 1. The van der Waals surface area contributed by atoms with Crippen LogP contribution >= 0.6 is 0 Å². The topological polar surface area (TPSA) is 109 Å². The number of amides is 2. The summed E-state index contributed by atoms with van der Waals surface area (Å²) in [6.45, 7) is 6.35. The number of benzene rings is 1. The number of piperidine rings is 1. The fourth-order valence-electron chi connectivity index (χ4n) is 4.08. The fraction of sp³-hybridized carbons (Fsp3) is 0.565. The summed E-state index contributed by atoms with van der Waals surface area (Å²) in [6.07, 6.45) is 2.97. The molecule has 0 spiro atoms. The van der Waals surface area contributed by atoms with Crippen LogP contribution in [0.3, 0.4) is 0 Å². The lowest BCUT2D eigenvalue weighted by molar-refractivity contribution is -0.139. The Kier molecular flexibility index (Phi) is 8.35. The van der Waals surface area contributed by atoms with Crippen LogP contribution in [0.25, 0.3) is 0 Å². The first-order valence-electron chi connectivity index (χ1n) is 11.1. The summed E-state index contributed by atoms with van der Waals surface area (Å²) in [4.78, 5) is 26.8. The van der Waals surface area contributed by atoms with E-state index < -0.39 is 24.1 Å². The molecule has 0 saturated carbocycles. The number of nitrogens with zero attached hydrogens (tertiary/aromatic N) is 1. The maximum atomic E-state index is 12.5. The van der Waals surface area contributed by atoms with E-state index >= 15 is 0 Å². The van der Waals surface area contributed by atoms with E-state index in [9.17, 15) is 14.7 Å². The van der Waals surface area contributed by atoms with Crippen LogP contribution in [0.4, 0.5) is 4.79 Å². The molecule has 3 N–H and O–H groups in total. The lowest BCUT2D eigenvalue weighted by atomic mass is 9.95. The van der Waals surface area contributed by atoms with E-state index in [1.54, 1.807) is 32.0 Å². The molecule has 2 unspecified atom stereocenters. The van der Waals surface area contributed by atoms with Crippen LogP contribution in [0.2, 0.25) is 0 Å². The second-order valence-electron chi connectivity index (χ2n) is 8.03. The Morgan fingerprint density at radius 2 is 2.00 bits per heavy atom. The molecule has 2 heterocycles. The third-order valence-corrected chi connectivity index (χ3v) is 5.63. The minimum Gasteiger partial charge on any atom is -0.493 e. The van der Waals surface area contributed by atoms with Crippen LogP contribution in [0, 0.1) is 0 Å². The van der Waals surface area contributed by atoms with E-state index in [4.69, 9.17) is 14.2 Å². The second kappa shape index (κ2) is 11.2. The Labute approximate surface area is 188 Å². The van der Waals surface area contributed by atoms with Crippen molar-refractivity contribution in [2.24, 2.45) is 0 Å². The van der Waals surface area contributed by atoms with E-state index in [0.29, 0.717) is 34.9 Å². The van der Waals surface area contributed by atoms with Gasteiger partial charge in [-0.05, 0) is 57.5 Å². The lowest BCUT2D eigenvalue weighted by Gasteiger charge is -2.29. The molecule has 176 valence electrons. The van der Waals surface area contributed by atoms with E-state index in [0.717, 1.165) is 25.9 Å². The van der Waals surface area contributed by atoms with Crippen molar-refractivity contribution < 1.29 is 28.9 Å². The van der Waals surface area contributed by atoms with Crippen molar-refractivity contribution in [2.45, 2.75) is 45.3 Å². The van der Waals surface area contributed by atoms with Crippen molar-refractivity contribution >= 4 is 12.0 Å². The van der Waals surface area contributed by atoms with Crippen molar-refractivity contribution in [1.29, 1.82) is 0 Å². The molecule has 2 aliphatic rings. The molecule has 3 rings (SSSR count). The van der Waals surface area contributed by atoms with Crippen LogP contribution in [-0.4, -0.2) is 68.1 Å². The number of urea groups is 1. The number of aliphatic hydroxyl groups excluding tert-OH is 1. The van der Waals surface area contributed by atoms with Gasteiger partial charge in [-0.15, -0.1) is 0 Å². The first-order valence-corrected chi connectivity index (χ1v) is 11.1. The minimum atomic E-state index is -0.685. The zero-order valence-electron chi connectivity index (χ0n) is 19.0. The molecule has 2 aliphatic heterocycles. The van der Waals surface area contributed by atoms with Gasteiger partial charge in [0, 0.05) is 12.2 Å². The monoisotopic (exact) mass is 447 g/mol. The number of allylic oxidation sites excluding steroid dienone is 1. The molecule has 0 aliphatic carbocycles. The Bertz CT molecular complexity index is 850. The number of nitrogens with one attached hydrogen (secondary N) is 2. The number of hydrogen-bond donors (Lipinski definition) is 3. The molecular formula is C23H33N3O6. The highest BCUT2D eigenvalue weighted by atomic mass is 16.5. The van der Waals surface area contributed by atoms with Crippen LogP contribution in [0.15, 0.2) is 29.5 Å². The molecule has 1 aromatic carbocycles. The van der Waals surface area contributed by atoms with Gasteiger partial charge >= 0.3 is 12.0 Å². The van der Waals surface area contributed by atoms with Gasteiger partial charge in [0.2, 0.25) is 0 Å². The number of likely N-dealkylation sites (tertiary alicyclic amines) is 1. The molecule has 0 aromatic heterocycles. The van der Waals surface area contributed by atoms with E-state index in [2.05, 4.69) is 15.5 Å². The molecular weight excluding hydrogens is 414 g/mol. The highest BCUT2D eigenvalue weighted by Crippen LogP contribution is 2.34. The standard InChI is InChI=1S/C23H33N3O6/c1-4-31-22(28)20-15(2)24-23(29)25-21(20)16-8-9-18(19(12-16)30-3)32-14-17(27)13-26-10-6-5-7-11-26/h8-9,12,17,21,27H,4-7,10-11,13-14H2,1-3H3,(H2,24,25,29). The number of hydrogen-bond acceptors (Lipinski definition) is 7. The van der Waals surface area contributed by atoms with Crippen LogP contribution in [-0.2, 0) is 9.53 Å². The number of β-amino-alcohol motifs (C(OH)–C–C–N with tert-alkyl or cyclic N) is 1. The normalized spacial score (nSPS) is 20.2. The average Bonchev–Trinajstić information content (AvgIpc) is 2.77. The Hall–Kier alpha value is -2.78. The van der Waals surface area contributed by atoms with Gasteiger partial charge in [-0.2, -0.15) is 0 Å². The Morgan fingerprint density at radius 1 is 1.25 bits per heavy atom. The molecule has 2 atom stereocenters. The summed E-state index contributed by atoms with van der Waals surface area (Å²) < 4.78 is 16.5. The largest absolute Gasteiger partial charge is 0.493 e. The first kappa shape index (κ1) is 23.9. The molecule has 32 heavy (non-hydrogen) atoms. The van der Waals surface area contributed by atoms with Crippen LogP contribution < -0.4 is 20.1 Å². The van der Waals surface area contributed by atoms with Gasteiger partial charge in [-0.3, -0.25) is 0 Å². The van der Waals surface area contributed by atoms with Gasteiger partial charge in [0.15, 0.2) is 11.5 Å². The maximum Gasteiger partial charge on any atom is 0.338 e. The molecule has 1 aromatic rings. The van der Waals surface area contributed by atoms with E-state index in [1.807, 2.05) is 0 Å². The lowest BCUT2D eigenvalue weighted by Crippen LogP contribution is -2.45. The Balaban J connectivity index is 1.72. The molecule has 1 saturated heterocycles. The molecule has 9 heteroatoms. The first-order chi connectivity index (χ1) is 15.4. The summed E-state index contributed by atoms with van der Waals surface area (Å²) in [5.74, 6) is 0.427. The van der Waals surface area contributed by atoms with E-state index in [-0.39, 0.29) is 13.2 Å². The highest BCUT2D eigenvalue weighted by molar-refractivity contribution is 5.95. The summed E-state index contributed by atoms with van der Waals surface area (Å²) in [6, 6.07) is 4.11. The predicted octanol–water partition coefficient (Wildman–Crippen LogP) is 2.11. The predicted molar refractivity (Wildman–Crippen MR) is 119 cm³/mol. The molecule has 0 bridgehead atoms. The number of ether oxygens (including phenoxy) is 3. The second-order valence-corrected chi connectivity index (χ2v) is 8.03. The van der Waals surface area contributed by atoms with Gasteiger partial charge in [-0.25, -0.2) is 9.59 Å². The SMILES string of the molecule is CCOC(=O)C1=C(C)NC(=O)NC1c1ccc(OCC(O)CN2CCCCC2)c(OC)c1. The third-order valence-electron chi connectivity index (χ3n) is 5.63. The molecule has 9 nitrogen and oxygen atoms in total. The number of carbonyl (C=O) groups is 2. The van der Waals surface area contributed by atoms with Crippen LogP contribution in [0.5, 0.6) is 11.5 Å². The van der Waals surface area contributed by atoms with Gasteiger partial charge in [0.1, 0.15) is 12.7 Å². The van der Waals surface area contributed by atoms with Crippen molar-refractivity contribution in [3.63, 3.8) is 0 Å². The quantitative estimate of drug-likeness (QED) is 0.498. The van der Waals surface area contributed by atoms with Crippen molar-refractivity contribution in [3.8, 4) is 11.5 Å². The van der Waals surface area contributed by atoms with Gasteiger partial charge < -0.3 is 34.9 Å². The summed E-state index contributed by atoms with van der Waals surface area (Å²) in [5.41, 5.74) is 1.43. The summed E-state index contributed by atoms with van der Waals surface area (Å²) in [7, 11) is 1.52. The number of aliphatic hydroxyl groups is 1. The molecule has 1 fully saturated rings. The number of carbonyl (C=O) groups excluding carboxylic acids is 2. The fourth-order valence-corrected chi connectivity index (χ4v) is 4.08. The highest BCUT2D eigenvalue weighted by Gasteiger charge is 2.32. The van der Waals surface area contributed by atoms with Crippen molar-refractivity contribution in [2.75, 3.05) is 40.0 Å². The van der Waals surface area contributed by atoms with Gasteiger partial charge in [0.25, 0.3) is 0 Å². The maximum absolute atomic E-state index is 12.5. The number of rotatable bonds is 9. The zero-order chi connectivity index (χ0) is 23.1. The smallest absolute Gasteiger partial charge is 0.338 e.